The molecule has 0 saturated carbocycles. The third kappa shape index (κ3) is 4.24. The van der Waals surface area contributed by atoms with Crippen LogP contribution in [0.3, 0.4) is 0 Å². The van der Waals surface area contributed by atoms with Crippen molar-refractivity contribution >= 4 is 44.8 Å². The first-order chi connectivity index (χ1) is 14.5. The monoisotopic (exact) mass is 440 g/mol. The summed E-state index contributed by atoms with van der Waals surface area (Å²) in [5.74, 6) is 0.263. The summed E-state index contributed by atoms with van der Waals surface area (Å²) in [4.78, 5) is 34.2. The molecule has 0 saturated heterocycles. The van der Waals surface area contributed by atoms with E-state index >= 15 is 0 Å². The second kappa shape index (κ2) is 8.47. The van der Waals surface area contributed by atoms with Gasteiger partial charge in [-0.15, -0.1) is 11.3 Å². The summed E-state index contributed by atoms with van der Waals surface area (Å²) < 4.78 is 10.2. The van der Waals surface area contributed by atoms with Crippen LogP contribution < -0.4 is 15.4 Å². The Bertz CT molecular complexity index is 1180. The SMILES string of the molecule is COc1ccc(C(=O)Nc2nc(C)c(-c3csc(NC(=O)c4ccco4)n3)s2)cc1. The Morgan fingerprint density at radius 2 is 1.80 bits per heavy atom. The van der Waals surface area contributed by atoms with Crippen LogP contribution in [0, 0.1) is 6.92 Å². The highest BCUT2D eigenvalue weighted by Crippen LogP contribution is 2.34. The first-order valence-electron chi connectivity index (χ1n) is 8.77. The molecule has 0 fully saturated rings. The molecule has 0 aliphatic rings. The molecule has 2 N–H and O–H groups in total. The van der Waals surface area contributed by atoms with Crippen molar-refractivity contribution in [2.75, 3.05) is 17.7 Å². The molecule has 2 amide bonds. The molecule has 0 radical (unpaired) electrons. The molecule has 1 aromatic carbocycles. The smallest absolute Gasteiger partial charge is 0.293 e. The summed E-state index contributed by atoms with van der Waals surface area (Å²) in [6.45, 7) is 1.84. The van der Waals surface area contributed by atoms with E-state index in [9.17, 15) is 9.59 Å². The van der Waals surface area contributed by atoms with Crippen molar-refractivity contribution < 1.29 is 18.7 Å². The molecule has 3 heterocycles. The van der Waals surface area contributed by atoms with Gasteiger partial charge in [-0.1, -0.05) is 11.3 Å². The number of methoxy groups -OCH3 is 1. The summed E-state index contributed by atoms with van der Waals surface area (Å²) in [6.07, 6.45) is 1.44. The number of ether oxygens (including phenoxy) is 1. The minimum Gasteiger partial charge on any atom is -0.497 e. The Hall–Kier alpha value is -3.50. The summed E-state index contributed by atoms with van der Waals surface area (Å²) in [6, 6.07) is 10.0. The van der Waals surface area contributed by atoms with Crippen molar-refractivity contribution in [3.8, 4) is 16.3 Å². The van der Waals surface area contributed by atoms with Crippen molar-refractivity contribution in [3.05, 3.63) is 65.1 Å². The van der Waals surface area contributed by atoms with Crippen molar-refractivity contribution in [1.29, 1.82) is 0 Å². The zero-order valence-electron chi connectivity index (χ0n) is 16.0. The molecule has 0 bridgehead atoms. The lowest BCUT2D eigenvalue weighted by Gasteiger charge is -2.03. The minimum absolute atomic E-state index is 0.212. The van der Waals surface area contributed by atoms with Crippen LogP contribution in [0.4, 0.5) is 10.3 Å². The number of anilines is 2. The predicted octanol–water partition coefficient (Wildman–Crippen LogP) is 4.68. The fraction of sp³-hybridized carbons (Fsp3) is 0.100. The van der Waals surface area contributed by atoms with Gasteiger partial charge in [0.1, 0.15) is 5.75 Å². The molecule has 30 heavy (non-hydrogen) atoms. The molecule has 8 nitrogen and oxygen atoms in total. The molecule has 4 aromatic rings. The lowest BCUT2D eigenvalue weighted by Crippen LogP contribution is -2.11. The van der Waals surface area contributed by atoms with E-state index in [1.807, 2.05) is 12.3 Å². The minimum atomic E-state index is -0.366. The lowest BCUT2D eigenvalue weighted by molar-refractivity contribution is 0.0994. The Labute approximate surface area is 179 Å². The number of nitrogens with zero attached hydrogens (tertiary/aromatic N) is 2. The van der Waals surface area contributed by atoms with E-state index in [4.69, 9.17) is 9.15 Å². The van der Waals surface area contributed by atoms with Crippen LogP contribution in [-0.2, 0) is 0 Å². The van der Waals surface area contributed by atoms with E-state index in [1.165, 1.54) is 28.9 Å². The quantitative estimate of drug-likeness (QED) is 0.451. The molecule has 152 valence electrons. The largest absolute Gasteiger partial charge is 0.497 e. The van der Waals surface area contributed by atoms with E-state index in [0.717, 1.165) is 10.6 Å². The first kappa shape index (κ1) is 19.8. The van der Waals surface area contributed by atoms with E-state index in [-0.39, 0.29) is 17.6 Å². The molecule has 10 heteroatoms. The molecular weight excluding hydrogens is 424 g/mol. The molecule has 0 aliphatic heterocycles. The van der Waals surface area contributed by atoms with Crippen molar-refractivity contribution in [3.63, 3.8) is 0 Å². The van der Waals surface area contributed by atoms with Gasteiger partial charge in [0.25, 0.3) is 11.8 Å². The summed E-state index contributed by atoms with van der Waals surface area (Å²) in [7, 11) is 1.57. The van der Waals surface area contributed by atoms with Gasteiger partial charge < -0.3 is 9.15 Å². The van der Waals surface area contributed by atoms with Gasteiger partial charge in [-0.25, -0.2) is 9.97 Å². The number of amides is 2. The topological polar surface area (TPSA) is 106 Å². The van der Waals surface area contributed by atoms with E-state index < -0.39 is 0 Å². The Morgan fingerprint density at radius 3 is 2.50 bits per heavy atom. The number of rotatable bonds is 6. The molecular formula is C20H16N4O4S2. The second-order valence-corrected chi connectivity index (χ2v) is 7.94. The van der Waals surface area contributed by atoms with Gasteiger partial charge in [-0.05, 0) is 43.3 Å². The highest BCUT2D eigenvalue weighted by molar-refractivity contribution is 7.20. The maximum Gasteiger partial charge on any atom is 0.293 e. The van der Waals surface area contributed by atoms with Gasteiger partial charge in [-0.3, -0.25) is 20.2 Å². The predicted molar refractivity (Wildman–Crippen MR) is 116 cm³/mol. The molecule has 3 aromatic heterocycles. The molecule has 0 aliphatic carbocycles. The Balaban J connectivity index is 1.46. The Morgan fingerprint density at radius 1 is 1.03 bits per heavy atom. The van der Waals surface area contributed by atoms with Crippen molar-refractivity contribution in [2.45, 2.75) is 6.92 Å². The van der Waals surface area contributed by atoms with Crippen molar-refractivity contribution in [2.24, 2.45) is 0 Å². The van der Waals surface area contributed by atoms with Crippen LogP contribution in [0.25, 0.3) is 10.6 Å². The van der Waals surface area contributed by atoms with Crippen LogP contribution in [0.5, 0.6) is 5.75 Å². The molecule has 4 rings (SSSR count). The van der Waals surface area contributed by atoms with Gasteiger partial charge in [0, 0.05) is 10.9 Å². The summed E-state index contributed by atoms with van der Waals surface area (Å²) in [5, 5.41) is 8.25. The van der Waals surface area contributed by atoms with Gasteiger partial charge in [-0.2, -0.15) is 0 Å². The van der Waals surface area contributed by atoms with Crippen LogP contribution >= 0.6 is 22.7 Å². The highest BCUT2D eigenvalue weighted by Gasteiger charge is 2.17. The van der Waals surface area contributed by atoms with E-state index in [2.05, 4.69) is 20.6 Å². The van der Waals surface area contributed by atoms with Gasteiger partial charge in [0.15, 0.2) is 16.0 Å². The van der Waals surface area contributed by atoms with Crippen LogP contribution in [0.2, 0.25) is 0 Å². The summed E-state index contributed by atoms with van der Waals surface area (Å²) >= 11 is 2.62. The average Bonchev–Trinajstić information content (AvgIpc) is 3.49. The maximum absolute atomic E-state index is 12.5. The maximum atomic E-state index is 12.5. The number of furan rings is 1. The molecule has 0 spiro atoms. The zero-order valence-corrected chi connectivity index (χ0v) is 17.6. The van der Waals surface area contributed by atoms with Gasteiger partial charge in [0.05, 0.1) is 29.6 Å². The number of carbonyl (C=O) groups is 2. The number of aromatic nitrogens is 2. The standard InChI is InChI=1S/C20H16N4O4S2/c1-11-16(14-10-29-19(22-14)24-18(26)15-4-3-9-28-15)30-20(21-11)23-17(25)12-5-7-13(27-2)8-6-12/h3-10H,1-2H3,(H,21,23,25)(H,22,24,26). The number of aryl methyl sites for hydroxylation is 1. The number of nitrogens with one attached hydrogen (secondary N) is 2. The third-order valence-corrected chi connectivity index (χ3v) is 5.92. The van der Waals surface area contributed by atoms with E-state index in [0.29, 0.717) is 27.3 Å². The first-order valence-corrected chi connectivity index (χ1v) is 10.5. The van der Waals surface area contributed by atoms with Crippen LogP contribution in [0.1, 0.15) is 26.6 Å². The molecule has 0 atom stereocenters. The van der Waals surface area contributed by atoms with Crippen molar-refractivity contribution in [1.82, 2.24) is 9.97 Å². The number of thiazole rings is 2. The zero-order chi connectivity index (χ0) is 21.1. The fourth-order valence-corrected chi connectivity index (χ4v) is 4.29. The number of hydrogen-bond acceptors (Lipinski definition) is 8. The fourth-order valence-electron chi connectivity index (χ4n) is 2.60. The molecule has 0 unspecified atom stereocenters. The summed E-state index contributed by atoms with van der Waals surface area (Å²) in [5.41, 5.74) is 1.91. The van der Waals surface area contributed by atoms with Crippen LogP contribution in [-0.4, -0.2) is 28.9 Å². The average molecular weight is 441 g/mol. The highest BCUT2D eigenvalue weighted by atomic mass is 32.1. The van der Waals surface area contributed by atoms with Crippen LogP contribution in [0.15, 0.2) is 52.5 Å². The third-order valence-electron chi connectivity index (χ3n) is 4.07. The number of carbonyl (C=O) groups excluding carboxylic acids is 2. The van der Waals surface area contributed by atoms with E-state index in [1.54, 1.807) is 43.5 Å². The number of benzene rings is 1. The normalized spacial score (nSPS) is 10.6. The van der Waals surface area contributed by atoms with Gasteiger partial charge >= 0.3 is 0 Å². The Kier molecular flexibility index (Phi) is 5.59. The second-order valence-electron chi connectivity index (χ2n) is 6.09. The lowest BCUT2D eigenvalue weighted by atomic mass is 10.2. The number of hydrogen-bond donors (Lipinski definition) is 2. The van der Waals surface area contributed by atoms with Gasteiger partial charge in [0.2, 0.25) is 0 Å².